The summed E-state index contributed by atoms with van der Waals surface area (Å²) in [4.78, 5) is 8.48. The standard InChI is InChI=1S/C27H30N6OS/c1-16(25-8-19(15-35-25)23-7-5-4-6-18(23)11-28-3)30-27-24-10-20(12-29-26(24)17(2)31-32-27)33-13-22-9-21(33)14-34-22/h4-8,10,12,15-16,21-22,28H,9,11,13-14H2,1-3H3,(H,30,32)/t16-,21?,22?/m1/s1. The van der Waals surface area contributed by atoms with Gasteiger partial charge >= 0.3 is 0 Å². The monoisotopic (exact) mass is 486 g/mol. The lowest BCUT2D eigenvalue weighted by atomic mass is 10.0. The van der Waals surface area contributed by atoms with Gasteiger partial charge in [0.25, 0.3) is 0 Å². The Balaban J connectivity index is 1.29. The zero-order valence-corrected chi connectivity index (χ0v) is 21.1. The Morgan fingerprint density at radius 3 is 2.91 bits per heavy atom. The largest absolute Gasteiger partial charge is 0.374 e. The van der Waals surface area contributed by atoms with Crippen molar-refractivity contribution in [1.29, 1.82) is 0 Å². The highest BCUT2D eigenvalue weighted by Crippen LogP contribution is 2.36. The lowest BCUT2D eigenvalue weighted by Gasteiger charge is -2.29. The van der Waals surface area contributed by atoms with Crippen molar-refractivity contribution in [3.8, 4) is 11.1 Å². The fourth-order valence-corrected chi connectivity index (χ4v) is 6.19. The molecule has 0 amide bonds. The molecule has 2 fully saturated rings. The van der Waals surface area contributed by atoms with Crippen molar-refractivity contribution in [2.45, 2.75) is 45.0 Å². The number of aromatic nitrogens is 3. The summed E-state index contributed by atoms with van der Waals surface area (Å²) in [6, 6.07) is 13.6. The van der Waals surface area contributed by atoms with E-state index in [1.54, 1.807) is 11.3 Å². The molecule has 1 aromatic carbocycles. The molecule has 2 aliphatic heterocycles. The second kappa shape index (κ2) is 9.18. The number of benzene rings is 1. The minimum Gasteiger partial charge on any atom is -0.374 e. The molecule has 3 atom stereocenters. The number of ether oxygens (including phenoxy) is 1. The molecule has 0 radical (unpaired) electrons. The van der Waals surface area contributed by atoms with Crippen molar-refractivity contribution in [2.75, 3.05) is 30.4 Å². The minimum atomic E-state index is 0.0882. The third-order valence-electron chi connectivity index (χ3n) is 7.10. The van der Waals surface area contributed by atoms with Gasteiger partial charge < -0.3 is 20.3 Å². The van der Waals surface area contributed by atoms with Crippen molar-refractivity contribution in [1.82, 2.24) is 20.5 Å². The number of hydrogen-bond acceptors (Lipinski definition) is 8. The topological polar surface area (TPSA) is 75.2 Å². The summed E-state index contributed by atoms with van der Waals surface area (Å²) < 4.78 is 5.79. The normalized spacial score (nSPS) is 20.0. The smallest absolute Gasteiger partial charge is 0.158 e. The van der Waals surface area contributed by atoms with Crippen LogP contribution in [0.2, 0.25) is 0 Å². The molecule has 180 valence electrons. The number of aryl methyl sites for hydroxylation is 1. The highest BCUT2D eigenvalue weighted by molar-refractivity contribution is 7.10. The first-order valence-electron chi connectivity index (χ1n) is 12.2. The first kappa shape index (κ1) is 22.4. The molecule has 3 aromatic heterocycles. The van der Waals surface area contributed by atoms with E-state index < -0.39 is 0 Å². The molecule has 5 heterocycles. The Kier molecular flexibility index (Phi) is 5.88. The molecule has 2 saturated heterocycles. The van der Waals surface area contributed by atoms with Crippen molar-refractivity contribution < 1.29 is 4.74 Å². The lowest BCUT2D eigenvalue weighted by Crippen LogP contribution is -2.36. The van der Waals surface area contributed by atoms with Crippen LogP contribution in [-0.4, -0.2) is 47.5 Å². The molecule has 2 bridgehead atoms. The summed E-state index contributed by atoms with van der Waals surface area (Å²) in [7, 11) is 1.98. The van der Waals surface area contributed by atoms with Gasteiger partial charge in [0.1, 0.15) is 0 Å². The predicted molar refractivity (Wildman–Crippen MR) is 142 cm³/mol. The zero-order valence-electron chi connectivity index (χ0n) is 20.3. The summed E-state index contributed by atoms with van der Waals surface area (Å²) in [5, 5.41) is 19.1. The number of hydrogen-bond donors (Lipinski definition) is 2. The molecule has 4 aromatic rings. The highest BCUT2D eigenvalue weighted by Gasteiger charge is 2.39. The van der Waals surface area contributed by atoms with Gasteiger partial charge in [-0.2, -0.15) is 5.10 Å². The van der Waals surface area contributed by atoms with E-state index in [0.717, 1.165) is 54.2 Å². The number of nitrogens with one attached hydrogen (secondary N) is 2. The van der Waals surface area contributed by atoms with Crippen molar-refractivity contribution in [3.63, 3.8) is 0 Å². The summed E-state index contributed by atoms with van der Waals surface area (Å²) >= 11 is 1.77. The van der Waals surface area contributed by atoms with Crippen molar-refractivity contribution >= 4 is 33.7 Å². The second-order valence-electron chi connectivity index (χ2n) is 9.51. The van der Waals surface area contributed by atoms with Crippen LogP contribution in [0.15, 0.2) is 48.0 Å². The van der Waals surface area contributed by atoms with Crippen LogP contribution in [0, 0.1) is 6.92 Å². The van der Waals surface area contributed by atoms with Gasteiger partial charge in [-0.1, -0.05) is 24.3 Å². The lowest BCUT2D eigenvalue weighted by molar-refractivity contribution is 0.0991. The van der Waals surface area contributed by atoms with Crippen LogP contribution in [-0.2, 0) is 11.3 Å². The fraction of sp³-hybridized carbons (Fsp3) is 0.370. The summed E-state index contributed by atoms with van der Waals surface area (Å²) in [6.07, 6.45) is 3.42. The Morgan fingerprint density at radius 1 is 1.23 bits per heavy atom. The Hall–Kier alpha value is -3.07. The molecule has 35 heavy (non-hydrogen) atoms. The number of rotatable bonds is 7. The zero-order chi connectivity index (χ0) is 23.9. The predicted octanol–water partition coefficient (Wildman–Crippen LogP) is 4.93. The number of fused-ring (bicyclic) bond motifs is 3. The fourth-order valence-electron chi connectivity index (χ4n) is 5.27. The minimum absolute atomic E-state index is 0.0882. The van der Waals surface area contributed by atoms with Crippen LogP contribution in [0.5, 0.6) is 0 Å². The van der Waals surface area contributed by atoms with Gasteiger partial charge in [-0.25, -0.2) is 0 Å². The maximum atomic E-state index is 5.79. The molecule has 2 aliphatic rings. The Morgan fingerprint density at radius 2 is 2.11 bits per heavy atom. The molecular formula is C27H30N6OS. The molecule has 8 heteroatoms. The third kappa shape index (κ3) is 4.16. The first-order chi connectivity index (χ1) is 17.1. The Bertz CT molecular complexity index is 1370. The third-order valence-corrected chi connectivity index (χ3v) is 8.21. The number of morpholine rings is 1. The first-order valence-corrected chi connectivity index (χ1v) is 13.1. The SMILES string of the molecule is CNCc1ccccc1-c1csc([C@@H](C)Nc2nnc(C)c3ncc(N4CC5CC4CO5)cc23)c1. The molecule has 0 saturated carbocycles. The number of pyridine rings is 1. The summed E-state index contributed by atoms with van der Waals surface area (Å²) in [5.74, 6) is 0.776. The van der Waals surface area contributed by atoms with Crippen molar-refractivity contribution in [3.05, 3.63) is 64.1 Å². The van der Waals surface area contributed by atoms with E-state index in [4.69, 9.17) is 9.72 Å². The number of nitrogens with zero attached hydrogens (tertiary/aromatic N) is 4. The van der Waals surface area contributed by atoms with Crippen LogP contribution in [0.3, 0.4) is 0 Å². The van der Waals surface area contributed by atoms with Gasteiger partial charge in [-0.3, -0.25) is 4.98 Å². The maximum Gasteiger partial charge on any atom is 0.158 e. The average molecular weight is 487 g/mol. The Labute approximate surface area is 209 Å². The van der Waals surface area contributed by atoms with E-state index in [2.05, 4.69) is 74.4 Å². The molecular weight excluding hydrogens is 456 g/mol. The quantitative estimate of drug-likeness (QED) is 0.384. The van der Waals surface area contributed by atoms with Crippen LogP contribution < -0.4 is 15.5 Å². The van der Waals surface area contributed by atoms with E-state index in [0.29, 0.717) is 12.1 Å². The van der Waals surface area contributed by atoms with Crippen LogP contribution in [0.25, 0.3) is 22.0 Å². The van der Waals surface area contributed by atoms with Crippen LogP contribution in [0.4, 0.5) is 11.5 Å². The van der Waals surface area contributed by atoms with Gasteiger partial charge in [0, 0.05) is 23.4 Å². The van der Waals surface area contributed by atoms with E-state index in [-0.39, 0.29) is 6.04 Å². The molecule has 0 spiro atoms. The van der Waals surface area contributed by atoms with Crippen molar-refractivity contribution in [2.24, 2.45) is 0 Å². The van der Waals surface area contributed by atoms with Gasteiger partial charge in [-0.05, 0) is 61.5 Å². The highest BCUT2D eigenvalue weighted by atomic mass is 32.1. The average Bonchev–Trinajstić information content (AvgIpc) is 3.64. The van der Waals surface area contributed by atoms with Gasteiger partial charge in [-0.15, -0.1) is 16.4 Å². The maximum absolute atomic E-state index is 5.79. The molecule has 0 aliphatic carbocycles. The van der Waals surface area contributed by atoms with E-state index in [9.17, 15) is 0 Å². The van der Waals surface area contributed by atoms with Gasteiger partial charge in [0.2, 0.25) is 0 Å². The summed E-state index contributed by atoms with van der Waals surface area (Å²) in [6.45, 7) is 6.73. The second-order valence-corrected chi connectivity index (χ2v) is 10.5. The van der Waals surface area contributed by atoms with E-state index >= 15 is 0 Å². The number of anilines is 2. The van der Waals surface area contributed by atoms with Crippen LogP contribution in [0.1, 0.15) is 35.5 Å². The molecule has 7 nitrogen and oxygen atoms in total. The molecule has 2 unspecified atom stereocenters. The number of thiophene rings is 1. The van der Waals surface area contributed by atoms with E-state index in [1.165, 1.54) is 21.6 Å². The van der Waals surface area contributed by atoms with Gasteiger partial charge in [0.05, 0.1) is 47.9 Å². The van der Waals surface area contributed by atoms with Gasteiger partial charge in [0.15, 0.2) is 5.82 Å². The molecule has 2 N–H and O–H groups in total. The van der Waals surface area contributed by atoms with Crippen LogP contribution >= 0.6 is 11.3 Å². The van der Waals surface area contributed by atoms with E-state index in [1.807, 2.05) is 20.2 Å². The summed E-state index contributed by atoms with van der Waals surface area (Å²) in [5.41, 5.74) is 6.70. The molecule has 6 rings (SSSR count).